The average molecular weight is 612 g/mol. The quantitative estimate of drug-likeness (QED) is 0.193. The molecule has 5 aliphatic rings. The Morgan fingerprint density at radius 2 is 1.83 bits per heavy atom. The monoisotopic (exact) mass is 611 g/mol. The molecule has 5 unspecified atom stereocenters. The first-order valence-electron chi connectivity index (χ1n) is 15.1. The number of carbonyl (C=O) groups excluding carboxylic acids is 3. The normalized spacial score (nSPS) is 31.2. The number of benzene rings is 2. The van der Waals surface area contributed by atoms with E-state index in [1.54, 1.807) is 30.0 Å². The maximum Gasteiger partial charge on any atom is 0.289 e. The van der Waals surface area contributed by atoms with Crippen molar-refractivity contribution < 1.29 is 31.8 Å². The fourth-order valence-electron chi connectivity index (χ4n) is 8.79. The van der Waals surface area contributed by atoms with Gasteiger partial charge in [0.05, 0.1) is 28.9 Å². The minimum Gasteiger partial charge on any atom is -0.380 e. The van der Waals surface area contributed by atoms with Gasteiger partial charge in [0, 0.05) is 29.1 Å². The van der Waals surface area contributed by atoms with Gasteiger partial charge in [-0.05, 0) is 84.8 Å². The summed E-state index contributed by atoms with van der Waals surface area (Å²) in [5.41, 5.74) is -1.14. The molecule has 42 heavy (non-hydrogen) atoms. The molecule has 2 aromatic carbocycles. The van der Waals surface area contributed by atoms with Crippen LogP contribution in [0.4, 0.5) is 0 Å². The van der Waals surface area contributed by atoms with Gasteiger partial charge in [-0.1, -0.05) is 32.4 Å². The van der Waals surface area contributed by atoms with E-state index in [0.29, 0.717) is 41.6 Å². The number of fused-ring (bicyclic) bond motifs is 4. The molecular formula is C32H37NO7S2. The van der Waals surface area contributed by atoms with Gasteiger partial charge >= 0.3 is 0 Å². The Kier molecular flexibility index (Phi) is 6.88. The van der Waals surface area contributed by atoms with Crippen molar-refractivity contribution >= 4 is 50.3 Å². The largest absolute Gasteiger partial charge is 0.380 e. The summed E-state index contributed by atoms with van der Waals surface area (Å²) in [4.78, 5) is 40.8. The van der Waals surface area contributed by atoms with Crippen molar-refractivity contribution in [2.45, 2.75) is 63.7 Å². The van der Waals surface area contributed by atoms with E-state index in [4.69, 9.17) is 9.02 Å². The van der Waals surface area contributed by atoms with Crippen molar-refractivity contribution in [2.24, 2.45) is 34.5 Å². The molecule has 7 rings (SSSR count). The third-order valence-corrected chi connectivity index (χ3v) is 13.4. The Balaban J connectivity index is 1.07. The summed E-state index contributed by atoms with van der Waals surface area (Å²) >= 11 is 1.56. The van der Waals surface area contributed by atoms with E-state index >= 15 is 0 Å². The first-order valence-corrected chi connectivity index (χ1v) is 17.7. The summed E-state index contributed by atoms with van der Waals surface area (Å²) in [7, 11) is -4.45. The molecule has 2 aromatic rings. The first-order chi connectivity index (χ1) is 20.0. The summed E-state index contributed by atoms with van der Waals surface area (Å²) in [5, 5.41) is 1.59. The standard InChI is InChI=1S/C32H37NO7S2/c1-31(2)23-8-9-32(31,27(34)15-23)18-42(37,38)40-33-29(35)25-5-3-4-21-14-24(16-26(28(21)25)30(33)36)41-11-10-39-17-22-13-19-6-7-20(22)12-19/h3-5,14,16,19-20,22-23H,6-13,15,17-18H2,1-2H3. The molecule has 0 saturated heterocycles. The second-order valence-corrected chi connectivity index (χ2v) is 16.3. The lowest BCUT2D eigenvalue weighted by atomic mass is 9.70. The predicted octanol–water partition coefficient (Wildman–Crippen LogP) is 5.64. The van der Waals surface area contributed by atoms with E-state index in [9.17, 15) is 22.8 Å². The van der Waals surface area contributed by atoms with E-state index in [2.05, 4.69) is 0 Å². The number of imide groups is 1. The zero-order valence-electron chi connectivity index (χ0n) is 24.1. The number of hydrogen-bond acceptors (Lipinski definition) is 8. The highest BCUT2D eigenvalue weighted by Gasteiger charge is 2.65. The van der Waals surface area contributed by atoms with Crippen LogP contribution in [0, 0.1) is 34.5 Å². The topological polar surface area (TPSA) is 107 Å². The van der Waals surface area contributed by atoms with Crippen molar-refractivity contribution in [1.82, 2.24) is 5.06 Å². The smallest absolute Gasteiger partial charge is 0.289 e. The van der Waals surface area contributed by atoms with Crippen LogP contribution >= 0.6 is 11.8 Å². The van der Waals surface area contributed by atoms with Gasteiger partial charge in [0.1, 0.15) is 5.78 Å². The first kappa shape index (κ1) is 28.5. The van der Waals surface area contributed by atoms with Gasteiger partial charge in [-0.3, -0.25) is 14.4 Å². The van der Waals surface area contributed by atoms with E-state index in [-0.39, 0.29) is 22.8 Å². The second-order valence-electron chi connectivity index (χ2n) is 13.6. The molecule has 2 amide bonds. The molecule has 1 heterocycles. The van der Waals surface area contributed by atoms with Crippen LogP contribution in [-0.4, -0.2) is 55.8 Å². The van der Waals surface area contributed by atoms with Crippen molar-refractivity contribution in [3.63, 3.8) is 0 Å². The number of hydrogen-bond donors (Lipinski definition) is 0. The molecule has 10 heteroatoms. The number of ketones is 1. The molecule has 4 saturated carbocycles. The molecule has 5 atom stereocenters. The van der Waals surface area contributed by atoms with Gasteiger partial charge in [0.15, 0.2) is 0 Å². The SMILES string of the molecule is CC1(C)C2CCC1(CS(=O)(=O)ON1C(=O)c3cccc4cc(SCCOCC5CC6CCC5C6)cc(c34)C1=O)C(=O)C2. The van der Waals surface area contributed by atoms with Crippen LogP contribution in [0.15, 0.2) is 35.2 Å². The van der Waals surface area contributed by atoms with Crippen LogP contribution in [0.2, 0.25) is 0 Å². The number of carbonyl (C=O) groups is 3. The molecule has 4 fully saturated rings. The zero-order chi connectivity index (χ0) is 29.4. The van der Waals surface area contributed by atoms with Crippen LogP contribution < -0.4 is 0 Å². The Morgan fingerprint density at radius 1 is 1.02 bits per heavy atom. The summed E-state index contributed by atoms with van der Waals surface area (Å²) < 4.78 is 38.1. The lowest BCUT2D eigenvalue weighted by Crippen LogP contribution is -2.46. The fraction of sp³-hybridized carbons (Fsp3) is 0.594. The molecule has 8 nitrogen and oxygen atoms in total. The third-order valence-electron chi connectivity index (χ3n) is 11.2. The lowest BCUT2D eigenvalue weighted by Gasteiger charge is -2.36. The molecule has 0 aromatic heterocycles. The minimum absolute atomic E-state index is 0.0801. The van der Waals surface area contributed by atoms with Crippen LogP contribution in [0.5, 0.6) is 0 Å². The summed E-state index contributed by atoms with van der Waals surface area (Å²) in [6, 6.07) is 8.78. The van der Waals surface area contributed by atoms with Gasteiger partial charge in [-0.2, -0.15) is 8.42 Å². The minimum atomic E-state index is -4.45. The predicted molar refractivity (Wildman–Crippen MR) is 158 cm³/mol. The number of Topliss-reactive ketones (excluding diaryl/α,β-unsaturated/α-hetero) is 1. The van der Waals surface area contributed by atoms with E-state index in [1.165, 1.54) is 25.7 Å². The lowest BCUT2D eigenvalue weighted by molar-refractivity contribution is -0.128. The van der Waals surface area contributed by atoms with Gasteiger partial charge in [0.25, 0.3) is 21.9 Å². The van der Waals surface area contributed by atoms with Gasteiger partial charge in [-0.25, -0.2) is 0 Å². The van der Waals surface area contributed by atoms with E-state index in [0.717, 1.165) is 35.1 Å². The molecule has 0 spiro atoms. The summed E-state index contributed by atoms with van der Waals surface area (Å²) in [5.74, 6) is 0.971. The number of nitrogens with zero attached hydrogens (tertiary/aromatic N) is 1. The van der Waals surface area contributed by atoms with Crippen molar-refractivity contribution in [2.75, 3.05) is 24.7 Å². The Labute approximate surface area is 250 Å². The molecule has 0 N–H and O–H groups in total. The highest BCUT2D eigenvalue weighted by molar-refractivity contribution is 7.99. The van der Waals surface area contributed by atoms with Crippen LogP contribution in [0.25, 0.3) is 10.8 Å². The van der Waals surface area contributed by atoms with Crippen LogP contribution in [0.1, 0.15) is 79.5 Å². The van der Waals surface area contributed by atoms with Gasteiger partial charge in [-0.15, -0.1) is 21.1 Å². The molecule has 4 aliphatic carbocycles. The van der Waals surface area contributed by atoms with Crippen LogP contribution in [-0.2, 0) is 23.9 Å². The maximum atomic E-state index is 13.6. The zero-order valence-corrected chi connectivity index (χ0v) is 25.7. The Morgan fingerprint density at radius 3 is 2.52 bits per heavy atom. The van der Waals surface area contributed by atoms with Crippen molar-refractivity contribution in [3.8, 4) is 0 Å². The highest BCUT2D eigenvalue weighted by atomic mass is 32.2. The average Bonchev–Trinajstić information content (AvgIpc) is 3.67. The molecule has 1 aliphatic heterocycles. The van der Waals surface area contributed by atoms with Crippen LogP contribution in [0.3, 0.4) is 0 Å². The third kappa shape index (κ3) is 4.47. The highest BCUT2D eigenvalue weighted by Crippen LogP contribution is 2.64. The summed E-state index contributed by atoms with van der Waals surface area (Å²) in [6.45, 7) is 5.27. The molecule has 224 valence electrons. The van der Waals surface area contributed by atoms with Crippen molar-refractivity contribution in [1.29, 1.82) is 0 Å². The number of amides is 2. The van der Waals surface area contributed by atoms with Gasteiger partial charge < -0.3 is 4.74 Å². The summed E-state index contributed by atoms with van der Waals surface area (Å²) in [6.07, 6.45) is 6.96. The number of hydroxylamine groups is 2. The number of rotatable bonds is 10. The Bertz CT molecular complexity index is 1600. The second kappa shape index (κ2) is 10.1. The van der Waals surface area contributed by atoms with Gasteiger partial charge in [0.2, 0.25) is 0 Å². The van der Waals surface area contributed by atoms with E-state index in [1.807, 2.05) is 26.0 Å². The van der Waals surface area contributed by atoms with Crippen molar-refractivity contribution in [3.05, 3.63) is 41.5 Å². The fourth-order valence-corrected chi connectivity index (χ4v) is 11.3. The molecular weight excluding hydrogens is 574 g/mol. The van der Waals surface area contributed by atoms with E-state index < -0.39 is 38.5 Å². The Hall–Kier alpha value is -2.27. The maximum absolute atomic E-state index is 13.6. The number of ether oxygens (including phenoxy) is 1. The number of thioether (sulfide) groups is 1. The molecule has 4 bridgehead atoms. The molecule has 0 radical (unpaired) electrons.